The van der Waals surface area contributed by atoms with E-state index in [1.54, 1.807) is 0 Å². The van der Waals surface area contributed by atoms with E-state index >= 15 is 0 Å². The fourth-order valence-corrected chi connectivity index (χ4v) is 9.96. The molecule has 12 rings (SSSR count). The number of nitrogens with zero attached hydrogens (tertiary/aromatic N) is 5. The Morgan fingerprint density at radius 1 is 0.417 bits per heavy atom. The van der Waals surface area contributed by atoms with E-state index in [1.165, 1.54) is 31.2 Å². The third kappa shape index (κ3) is 6.06. The largest absolute Gasteiger partial charge is 0.456 e. The van der Waals surface area contributed by atoms with Gasteiger partial charge >= 0.3 is 0 Å². The van der Waals surface area contributed by atoms with Gasteiger partial charge in [-0.15, -0.1) is 0 Å². The van der Waals surface area contributed by atoms with Gasteiger partial charge < -0.3 is 4.42 Å². The summed E-state index contributed by atoms with van der Waals surface area (Å²) in [5.74, 6) is 4.85. The predicted octanol–water partition coefficient (Wildman–Crippen LogP) is 13.6. The van der Waals surface area contributed by atoms with E-state index in [4.69, 9.17) is 29.3 Å². The summed E-state index contributed by atoms with van der Waals surface area (Å²) in [5, 5.41) is 4.15. The Balaban J connectivity index is 1.04. The van der Waals surface area contributed by atoms with E-state index in [-0.39, 0.29) is 0 Å². The molecule has 2 saturated carbocycles. The molecule has 3 unspecified atom stereocenters. The van der Waals surface area contributed by atoms with Gasteiger partial charge in [0.15, 0.2) is 23.3 Å². The van der Waals surface area contributed by atoms with Gasteiger partial charge in [-0.25, -0.2) is 24.9 Å². The van der Waals surface area contributed by atoms with E-state index in [2.05, 4.69) is 91.0 Å². The topological polar surface area (TPSA) is 77.6 Å². The van der Waals surface area contributed by atoms with Gasteiger partial charge in [0, 0.05) is 44.2 Å². The van der Waals surface area contributed by atoms with Crippen LogP contribution in [0.4, 0.5) is 0 Å². The summed E-state index contributed by atoms with van der Waals surface area (Å²) in [5.41, 5.74) is 10.5. The van der Waals surface area contributed by atoms with Crippen LogP contribution in [0.1, 0.15) is 37.2 Å². The lowest BCUT2D eigenvalue weighted by Crippen LogP contribution is -2.08. The van der Waals surface area contributed by atoms with Crippen molar-refractivity contribution in [2.75, 3.05) is 0 Å². The molecule has 6 heteroatoms. The van der Waals surface area contributed by atoms with E-state index in [1.807, 2.05) is 78.9 Å². The number of fused-ring (bicyclic) bond motifs is 6. The minimum absolute atomic E-state index is 0.574. The van der Waals surface area contributed by atoms with Gasteiger partial charge in [0.1, 0.15) is 11.2 Å². The molecule has 3 heterocycles. The zero-order chi connectivity index (χ0) is 39.6. The Morgan fingerprint density at radius 3 is 1.82 bits per heavy atom. The first kappa shape index (κ1) is 34.7. The van der Waals surface area contributed by atoms with Crippen LogP contribution in [-0.2, 0) is 0 Å². The summed E-state index contributed by atoms with van der Waals surface area (Å²) in [4.78, 5) is 26.1. The lowest BCUT2D eigenvalue weighted by atomic mass is 9.83. The standard InChI is InChI=1S/C54H39N5O/c1-3-12-36(13-4-1)51-55-46(35-26-24-34(25-27-35)44-29-33-22-23-39(44)28-33)32-47(56-51)45-31-40(30-38-16-7-8-17-41(38)45)53-57-52(37-14-5-2-6-15-37)58-54(59-53)43-19-11-21-49-50(43)42-18-9-10-20-48(42)60-49/h1-21,24-27,30-33,39,44H,22-23,28-29H2. The fourth-order valence-electron chi connectivity index (χ4n) is 9.96. The molecule has 6 nitrogen and oxygen atoms in total. The van der Waals surface area contributed by atoms with Crippen LogP contribution in [-0.4, -0.2) is 24.9 Å². The van der Waals surface area contributed by atoms with Crippen LogP contribution < -0.4 is 0 Å². The van der Waals surface area contributed by atoms with Crippen molar-refractivity contribution in [1.82, 2.24) is 24.9 Å². The summed E-state index contributed by atoms with van der Waals surface area (Å²) in [6.45, 7) is 0. The quantitative estimate of drug-likeness (QED) is 0.160. The average Bonchev–Trinajstić information content (AvgIpc) is 4.07. The van der Waals surface area contributed by atoms with E-state index < -0.39 is 0 Å². The molecule has 2 fully saturated rings. The molecule has 2 aliphatic carbocycles. The van der Waals surface area contributed by atoms with Crippen LogP contribution >= 0.6 is 0 Å². The number of hydrogen-bond donors (Lipinski definition) is 0. The second-order valence-electron chi connectivity index (χ2n) is 16.4. The van der Waals surface area contributed by atoms with E-state index in [0.717, 1.165) is 89.3 Å². The molecular weight excluding hydrogens is 735 g/mol. The summed E-state index contributed by atoms with van der Waals surface area (Å²) in [7, 11) is 0. The maximum absolute atomic E-state index is 6.30. The average molecular weight is 774 g/mol. The summed E-state index contributed by atoms with van der Waals surface area (Å²) in [6, 6.07) is 58.8. The highest BCUT2D eigenvalue weighted by Gasteiger charge is 2.40. The highest BCUT2D eigenvalue weighted by Crippen LogP contribution is 2.53. The Morgan fingerprint density at radius 2 is 1.07 bits per heavy atom. The van der Waals surface area contributed by atoms with Crippen LogP contribution in [0.3, 0.4) is 0 Å². The van der Waals surface area contributed by atoms with Gasteiger partial charge in [0.25, 0.3) is 0 Å². The smallest absolute Gasteiger partial charge is 0.164 e. The highest BCUT2D eigenvalue weighted by atomic mass is 16.3. The molecule has 2 bridgehead atoms. The normalized spacial score (nSPS) is 17.2. The van der Waals surface area contributed by atoms with Crippen molar-refractivity contribution in [1.29, 1.82) is 0 Å². The summed E-state index contributed by atoms with van der Waals surface area (Å²) >= 11 is 0. The zero-order valence-corrected chi connectivity index (χ0v) is 32.9. The molecule has 0 N–H and O–H groups in total. The van der Waals surface area contributed by atoms with Crippen LogP contribution in [0, 0.1) is 11.8 Å². The van der Waals surface area contributed by atoms with Gasteiger partial charge in [-0.3, -0.25) is 0 Å². The van der Waals surface area contributed by atoms with Crippen LogP contribution in [0.5, 0.6) is 0 Å². The van der Waals surface area contributed by atoms with Gasteiger partial charge in [0.05, 0.1) is 11.4 Å². The second-order valence-corrected chi connectivity index (χ2v) is 16.4. The lowest BCUT2D eigenvalue weighted by Gasteiger charge is -2.22. The third-order valence-corrected chi connectivity index (χ3v) is 12.8. The number of para-hydroxylation sites is 1. The molecule has 0 aliphatic heterocycles. The van der Waals surface area contributed by atoms with Crippen molar-refractivity contribution >= 4 is 32.7 Å². The SMILES string of the molecule is c1ccc(-c2nc(-c3ccc(C4CC5CCC4C5)cc3)cc(-c3cc(-c4nc(-c5ccccc5)nc(-c5cccc6oc7ccccc7c56)n4)cc4ccccc34)n2)cc1. The molecule has 286 valence electrons. The van der Waals surface area contributed by atoms with Crippen molar-refractivity contribution in [3.63, 3.8) is 0 Å². The predicted molar refractivity (Wildman–Crippen MR) is 241 cm³/mol. The fraction of sp³-hybridized carbons (Fsp3) is 0.130. The minimum Gasteiger partial charge on any atom is -0.456 e. The molecule has 0 saturated heterocycles. The van der Waals surface area contributed by atoms with Gasteiger partial charge in [0.2, 0.25) is 0 Å². The van der Waals surface area contributed by atoms with E-state index in [9.17, 15) is 0 Å². The maximum atomic E-state index is 6.30. The van der Waals surface area contributed by atoms with Crippen LogP contribution in [0.25, 0.3) is 101 Å². The molecule has 10 aromatic rings. The Bertz CT molecular complexity index is 3230. The Hall–Kier alpha value is -7.31. The molecule has 60 heavy (non-hydrogen) atoms. The number of hydrogen-bond acceptors (Lipinski definition) is 6. The first-order valence-corrected chi connectivity index (χ1v) is 21.0. The maximum Gasteiger partial charge on any atom is 0.164 e. The van der Waals surface area contributed by atoms with Crippen molar-refractivity contribution in [3.05, 3.63) is 175 Å². The number of rotatable bonds is 7. The van der Waals surface area contributed by atoms with Gasteiger partial charge in [-0.05, 0) is 83.7 Å². The Kier molecular flexibility index (Phi) is 8.22. The lowest BCUT2D eigenvalue weighted by molar-refractivity contribution is 0.420. The second kappa shape index (κ2) is 14.2. The summed E-state index contributed by atoms with van der Waals surface area (Å²) in [6.07, 6.45) is 5.50. The van der Waals surface area contributed by atoms with Crippen molar-refractivity contribution in [2.45, 2.75) is 31.6 Å². The molecule has 3 aromatic heterocycles. The van der Waals surface area contributed by atoms with Crippen molar-refractivity contribution in [2.24, 2.45) is 11.8 Å². The van der Waals surface area contributed by atoms with Crippen molar-refractivity contribution in [3.8, 4) is 68.1 Å². The Labute approximate surface area is 347 Å². The van der Waals surface area contributed by atoms with E-state index in [0.29, 0.717) is 29.2 Å². The zero-order valence-electron chi connectivity index (χ0n) is 32.9. The molecule has 2 aliphatic rings. The number of aromatic nitrogens is 5. The summed E-state index contributed by atoms with van der Waals surface area (Å²) < 4.78 is 6.30. The molecule has 0 amide bonds. The monoisotopic (exact) mass is 773 g/mol. The van der Waals surface area contributed by atoms with Crippen LogP contribution in [0.15, 0.2) is 174 Å². The number of furan rings is 1. The molecule has 7 aromatic carbocycles. The molecule has 0 radical (unpaired) electrons. The first-order chi connectivity index (χ1) is 29.7. The van der Waals surface area contributed by atoms with Gasteiger partial charge in [-0.2, -0.15) is 0 Å². The minimum atomic E-state index is 0.574. The van der Waals surface area contributed by atoms with Gasteiger partial charge in [-0.1, -0.05) is 146 Å². The number of benzene rings is 7. The molecular formula is C54H39N5O. The van der Waals surface area contributed by atoms with Crippen molar-refractivity contribution < 1.29 is 4.42 Å². The first-order valence-electron chi connectivity index (χ1n) is 21.0. The highest BCUT2D eigenvalue weighted by molar-refractivity contribution is 6.11. The molecule has 0 spiro atoms. The third-order valence-electron chi connectivity index (χ3n) is 12.8. The molecule has 3 atom stereocenters. The van der Waals surface area contributed by atoms with Crippen LogP contribution in [0.2, 0.25) is 0 Å².